The van der Waals surface area contributed by atoms with Crippen molar-refractivity contribution in [3.05, 3.63) is 59.8 Å². The first-order chi connectivity index (χ1) is 21.9. The summed E-state index contributed by atoms with van der Waals surface area (Å²) < 4.78 is 79.4. The number of benzene rings is 2. The average molecular weight is 696 g/mol. The zero-order chi connectivity index (χ0) is 36.0. The van der Waals surface area contributed by atoms with Gasteiger partial charge in [-0.05, 0) is 90.3 Å². The number of amides is 2. The molecule has 0 aliphatic heterocycles. The van der Waals surface area contributed by atoms with Gasteiger partial charge in [-0.1, -0.05) is 17.3 Å². The molecule has 0 bridgehead atoms. The lowest BCUT2D eigenvalue weighted by atomic mass is 10.1. The molecule has 2 aromatic carbocycles. The van der Waals surface area contributed by atoms with E-state index >= 15 is 0 Å². The molecule has 0 atom stereocenters. The number of alkyl halides is 3. The smallest absolute Gasteiger partial charge is 0.424 e. The molecule has 2 amide bonds. The summed E-state index contributed by atoms with van der Waals surface area (Å²) in [6.45, 7) is 9.19. The number of anilines is 1. The molecule has 260 valence electrons. The predicted octanol–water partition coefficient (Wildman–Crippen LogP) is 6.03. The van der Waals surface area contributed by atoms with E-state index in [9.17, 15) is 41.1 Å². The number of halogens is 3. The van der Waals surface area contributed by atoms with E-state index in [1.165, 1.54) is 24.4 Å². The highest BCUT2D eigenvalue weighted by molar-refractivity contribution is 7.89. The number of rotatable bonds is 8. The van der Waals surface area contributed by atoms with Crippen molar-refractivity contribution in [2.75, 3.05) is 11.9 Å². The first kappa shape index (κ1) is 36.2. The van der Waals surface area contributed by atoms with Crippen LogP contribution in [-0.2, 0) is 42.6 Å². The van der Waals surface area contributed by atoms with Crippen LogP contribution in [0.3, 0.4) is 0 Å². The Labute approximate surface area is 275 Å². The molecule has 1 heterocycles. The summed E-state index contributed by atoms with van der Waals surface area (Å²) in [5.74, 6) is -1.15. The summed E-state index contributed by atoms with van der Waals surface area (Å²) in [5, 5.41) is 17.9. The zero-order valence-electron chi connectivity index (χ0n) is 27.3. The topological polar surface area (TPSA) is 161 Å². The van der Waals surface area contributed by atoms with Gasteiger partial charge in [-0.2, -0.15) is 13.2 Å². The second kappa shape index (κ2) is 12.4. The van der Waals surface area contributed by atoms with E-state index < -0.39 is 61.6 Å². The van der Waals surface area contributed by atoms with Crippen LogP contribution < -0.4 is 4.90 Å². The van der Waals surface area contributed by atoms with Crippen LogP contribution in [0.25, 0.3) is 11.3 Å². The molecule has 1 fully saturated rings. The van der Waals surface area contributed by atoms with Gasteiger partial charge < -0.3 is 14.6 Å². The quantitative estimate of drug-likeness (QED) is 0.294. The van der Waals surface area contributed by atoms with Crippen molar-refractivity contribution in [3.63, 3.8) is 0 Å². The lowest BCUT2D eigenvalue weighted by molar-refractivity contribution is -0.143. The molecular formula is C31H36F3N5O8S. The Morgan fingerprint density at radius 3 is 2.00 bits per heavy atom. The number of carboxylic acids is 1. The van der Waals surface area contributed by atoms with Crippen molar-refractivity contribution < 1.29 is 50.6 Å². The Balaban J connectivity index is 1.88. The number of ether oxygens (including phenoxy) is 2. The molecule has 0 unspecified atom stereocenters. The molecule has 17 heteroatoms. The van der Waals surface area contributed by atoms with Crippen LogP contribution in [0.15, 0.2) is 53.6 Å². The van der Waals surface area contributed by atoms with Gasteiger partial charge >= 0.3 is 24.3 Å². The maximum atomic E-state index is 13.7. The van der Waals surface area contributed by atoms with Crippen LogP contribution in [0.2, 0.25) is 0 Å². The standard InChI is InChI=1S/C31H36F3N5O8S/c1-28(2,3)46-26(42)37(7)48(44,45)21-12-13-24(22(16-21)23-18-39(36-35-23)30(14-15-30)25(40)41)38(27(43)47-29(4,5)6)17-19-8-10-20(11-9-19)31(32,33)34/h8-13,16,18H,14-15,17H2,1-7H3,(H,40,41). The van der Waals surface area contributed by atoms with E-state index in [1.807, 2.05) is 0 Å². The number of hydrogen-bond acceptors (Lipinski definition) is 9. The van der Waals surface area contributed by atoms with Crippen LogP contribution in [0.1, 0.15) is 65.5 Å². The fourth-order valence-electron chi connectivity index (χ4n) is 4.50. The molecule has 0 spiro atoms. The summed E-state index contributed by atoms with van der Waals surface area (Å²) >= 11 is 0. The third-order valence-electron chi connectivity index (χ3n) is 7.13. The van der Waals surface area contributed by atoms with E-state index in [1.54, 1.807) is 41.5 Å². The van der Waals surface area contributed by atoms with Gasteiger partial charge in [0.25, 0.3) is 10.0 Å². The average Bonchev–Trinajstić information content (AvgIpc) is 3.63. The molecule has 1 aliphatic rings. The van der Waals surface area contributed by atoms with E-state index in [2.05, 4.69) is 10.3 Å². The normalized spacial score (nSPS) is 14.6. The van der Waals surface area contributed by atoms with Crippen LogP contribution >= 0.6 is 0 Å². The van der Waals surface area contributed by atoms with Gasteiger partial charge in [0, 0.05) is 12.6 Å². The van der Waals surface area contributed by atoms with E-state index in [4.69, 9.17) is 9.47 Å². The maximum Gasteiger partial charge on any atom is 0.424 e. The minimum absolute atomic E-state index is 0.00948. The van der Waals surface area contributed by atoms with E-state index in [0.717, 1.165) is 40.9 Å². The molecule has 1 aromatic heterocycles. The molecule has 0 saturated heterocycles. The van der Waals surface area contributed by atoms with Gasteiger partial charge in [-0.15, -0.1) is 5.10 Å². The van der Waals surface area contributed by atoms with Crippen molar-refractivity contribution >= 4 is 33.9 Å². The van der Waals surface area contributed by atoms with Crippen molar-refractivity contribution in [2.45, 2.75) is 88.7 Å². The van der Waals surface area contributed by atoms with Crippen molar-refractivity contribution in [3.8, 4) is 11.3 Å². The number of carbonyl (C=O) groups is 3. The Bertz CT molecular complexity index is 1820. The number of nitrogens with zero attached hydrogens (tertiary/aromatic N) is 5. The molecule has 13 nitrogen and oxygen atoms in total. The minimum atomic E-state index is -4.59. The van der Waals surface area contributed by atoms with Crippen LogP contribution in [-0.4, -0.2) is 69.2 Å². The number of carbonyl (C=O) groups excluding carboxylic acids is 2. The van der Waals surface area contributed by atoms with E-state index in [-0.39, 0.29) is 41.9 Å². The molecule has 1 aliphatic carbocycles. The summed E-state index contributed by atoms with van der Waals surface area (Å²) in [4.78, 5) is 39.0. The van der Waals surface area contributed by atoms with Gasteiger partial charge in [0.15, 0.2) is 5.54 Å². The third-order valence-corrected chi connectivity index (χ3v) is 8.85. The highest BCUT2D eigenvalue weighted by Crippen LogP contribution is 2.44. The second-order valence-corrected chi connectivity index (χ2v) is 15.2. The highest BCUT2D eigenvalue weighted by Gasteiger charge is 2.53. The Kier molecular flexibility index (Phi) is 9.35. The monoisotopic (exact) mass is 695 g/mol. The third kappa shape index (κ3) is 7.89. The largest absolute Gasteiger partial charge is 0.479 e. The molecule has 1 saturated carbocycles. The first-order valence-electron chi connectivity index (χ1n) is 14.6. The summed E-state index contributed by atoms with van der Waals surface area (Å²) in [5.41, 5.74) is -4.06. The second-order valence-electron chi connectivity index (χ2n) is 13.3. The summed E-state index contributed by atoms with van der Waals surface area (Å²) in [6, 6.07) is 7.61. The van der Waals surface area contributed by atoms with Crippen LogP contribution in [0.4, 0.5) is 28.4 Å². The molecule has 4 rings (SSSR count). The number of carboxylic acid groups (broad SMARTS) is 1. The van der Waals surface area contributed by atoms with Crippen molar-refractivity contribution in [1.29, 1.82) is 0 Å². The molecule has 48 heavy (non-hydrogen) atoms. The molecular weight excluding hydrogens is 659 g/mol. The predicted molar refractivity (Wildman–Crippen MR) is 165 cm³/mol. The Morgan fingerprint density at radius 2 is 1.50 bits per heavy atom. The summed E-state index contributed by atoms with van der Waals surface area (Å²) in [6.07, 6.45) is -4.85. The maximum absolute atomic E-state index is 13.7. The van der Waals surface area contributed by atoms with Crippen LogP contribution in [0.5, 0.6) is 0 Å². The fourth-order valence-corrected chi connectivity index (χ4v) is 5.56. The van der Waals surface area contributed by atoms with Gasteiger partial charge in [-0.25, -0.2) is 31.8 Å². The molecule has 3 aromatic rings. The van der Waals surface area contributed by atoms with Crippen molar-refractivity contribution in [1.82, 2.24) is 19.3 Å². The summed E-state index contributed by atoms with van der Waals surface area (Å²) in [7, 11) is -3.56. The highest BCUT2D eigenvalue weighted by atomic mass is 32.2. The van der Waals surface area contributed by atoms with Gasteiger partial charge in [0.2, 0.25) is 0 Å². The Hall–Kier alpha value is -4.67. The molecule has 0 radical (unpaired) electrons. The Morgan fingerprint density at radius 1 is 0.938 bits per heavy atom. The minimum Gasteiger partial charge on any atom is -0.479 e. The van der Waals surface area contributed by atoms with Crippen molar-refractivity contribution in [2.24, 2.45) is 0 Å². The number of aromatic nitrogens is 3. The van der Waals surface area contributed by atoms with Gasteiger partial charge in [0.1, 0.15) is 16.9 Å². The lowest BCUT2D eigenvalue weighted by Crippen LogP contribution is -2.38. The lowest BCUT2D eigenvalue weighted by Gasteiger charge is -2.29. The first-order valence-corrected chi connectivity index (χ1v) is 16.1. The van der Waals surface area contributed by atoms with Gasteiger partial charge in [-0.3, -0.25) is 4.90 Å². The number of aliphatic carboxylic acids is 1. The fraction of sp³-hybridized carbons (Fsp3) is 0.452. The van der Waals surface area contributed by atoms with Crippen LogP contribution in [0, 0.1) is 0 Å². The zero-order valence-corrected chi connectivity index (χ0v) is 28.1. The number of hydrogen-bond donors (Lipinski definition) is 1. The van der Waals surface area contributed by atoms with E-state index in [0.29, 0.717) is 4.31 Å². The number of sulfonamides is 1. The molecule has 1 N–H and O–H groups in total. The SMILES string of the molecule is CN(C(=O)OC(C)(C)C)S(=O)(=O)c1ccc(N(Cc2ccc(C(F)(F)F)cc2)C(=O)OC(C)(C)C)c(-c2cn(C3(C(=O)O)CC3)nn2)c1. The van der Waals surface area contributed by atoms with Gasteiger partial charge in [0.05, 0.1) is 28.9 Å².